The van der Waals surface area contributed by atoms with E-state index in [9.17, 15) is 9.59 Å². The molecule has 0 unspecified atom stereocenters. The highest BCUT2D eigenvalue weighted by molar-refractivity contribution is 9.10. The second kappa shape index (κ2) is 9.35. The fourth-order valence-corrected chi connectivity index (χ4v) is 0.894. The van der Waals surface area contributed by atoms with E-state index in [-0.39, 0.29) is 5.91 Å². The lowest BCUT2D eigenvalue weighted by Gasteiger charge is -2.21. The number of hydrogen-bond acceptors (Lipinski definition) is 3. The van der Waals surface area contributed by atoms with Crippen molar-refractivity contribution in [3.8, 4) is 0 Å². The van der Waals surface area contributed by atoms with Crippen LogP contribution in [-0.4, -0.2) is 20.8 Å². The minimum atomic E-state index is -1.67. The number of amides is 3. The summed E-state index contributed by atoms with van der Waals surface area (Å²) in [6.45, 7) is 3.72. The molecule has 96 valence electrons. The number of alkyl halides is 1. The number of nitrogens with two attached hydrogens (primary N) is 1. The smallest absolute Gasteiger partial charge is 0.318 e. The van der Waals surface area contributed by atoms with E-state index >= 15 is 0 Å². The Morgan fingerprint density at radius 3 is 1.94 bits per heavy atom. The van der Waals surface area contributed by atoms with Gasteiger partial charge in [0, 0.05) is 0 Å². The Hall–Kier alpha value is 0.310. The van der Waals surface area contributed by atoms with Crippen LogP contribution >= 0.6 is 37.3 Å². The van der Waals surface area contributed by atoms with Crippen LogP contribution in [0.3, 0.4) is 0 Å². The quantitative estimate of drug-likeness (QED) is 0.599. The summed E-state index contributed by atoms with van der Waals surface area (Å²) >= 11 is 3.26. The van der Waals surface area contributed by atoms with E-state index < -0.39 is 20.0 Å². The van der Waals surface area contributed by atoms with Crippen LogP contribution in [0.1, 0.15) is 26.7 Å². The fraction of sp³-hybridized carbons (Fsp3) is 0.714. The zero-order valence-electron chi connectivity index (χ0n) is 8.76. The van der Waals surface area contributed by atoms with Crippen LogP contribution in [0.25, 0.3) is 0 Å². The van der Waals surface area contributed by atoms with E-state index in [1.165, 1.54) is 0 Å². The van der Waals surface area contributed by atoms with E-state index in [0.29, 0.717) is 12.8 Å². The van der Waals surface area contributed by atoms with Gasteiger partial charge < -0.3 is 10.3 Å². The van der Waals surface area contributed by atoms with Crippen molar-refractivity contribution in [2.24, 2.45) is 5.73 Å². The average Bonchev–Trinajstić information content (AvgIpc) is 2.14. The molecule has 0 aromatic carbocycles. The topological polar surface area (TPSA) is 95.2 Å². The number of urea groups is 1. The molecule has 0 rings (SSSR count). The number of carbonyl (C=O) groups excluding carboxylic acids is 2. The number of halogens is 3. The Morgan fingerprint density at radius 1 is 1.44 bits per heavy atom. The van der Waals surface area contributed by atoms with Crippen molar-refractivity contribution in [3.63, 3.8) is 0 Å². The molecule has 0 fully saturated rings. The Morgan fingerprint density at radius 2 is 1.75 bits per heavy atom. The summed E-state index contributed by atoms with van der Waals surface area (Å²) in [4.78, 5) is 21.6. The van der Waals surface area contributed by atoms with Crippen LogP contribution in [0, 0.1) is 0 Å². The van der Waals surface area contributed by atoms with Crippen LogP contribution in [0.15, 0.2) is 0 Å². The van der Waals surface area contributed by atoms with Gasteiger partial charge in [0.2, 0.25) is 5.91 Å². The first kappa shape index (κ1) is 18.7. The maximum Gasteiger partial charge on any atom is 0.318 e. The van der Waals surface area contributed by atoms with Gasteiger partial charge in [-0.15, -0.1) is 0 Å². The highest BCUT2D eigenvalue weighted by atomic mass is 79.9. The highest BCUT2D eigenvalue weighted by Gasteiger charge is 2.32. The summed E-state index contributed by atoms with van der Waals surface area (Å²) in [5, 5.41) is 2.04. The molecule has 0 radical (unpaired) electrons. The lowest BCUT2D eigenvalue weighted by atomic mass is 10.0. The number of primary amides is 1. The van der Waals surface area contributed by atoms with Gasteiger partial charge in [0.15, 0.2) is 31.0 Å². The van der Waals surface area contributed by atoms with E-state index in [4.69, 9.17) is 10.3 Å². The monoisotopic (exact) mass is 354 g/mol. The third-order valence-corrected chi connectivity index (χ3v) is 3.25. The van der Waals surface area contributed by atoms with E-state index in [2.05, 4.69) is 37.3 Å². The first-order valence-electron chi connectivity index (χ1n) is 4.23. The molecule has 0 saturated heterocycles. The molecule has 3 N–H and O–H groups in total. The second-order valence-corrected chi connectivity index (χ2v) is 6.72. The van der Waals surface area contributed by atoms with Crippen LogP contribution in [0.5, 0.6) is 0 Å². The largest absolute Gasteiger partial charge is 0.582 e. The van der Waals surface area contributed by atoms with Gasteiger partial charge >= 0.3 is 6.03 Å². The maximum atomic E-state index is 11.3. The average molecular weight is 356 g/mol. The molecule has 0 aliphatic carbocycles. The lowest BCUT2D eigenvalue weighted by Crippen LogP contribution is -2.46. The van der Waals surface area contributed by atoms with Crippen molar-refractivity contribution in [1.29, 1.82) is 0 Å². The van der Waals surface area contributed by atoms with Crippen molar-refractivity contribution < 1.29 is 14.1 Å². The molecular weight excluding hydrogens is 343 g/mol. The maximum absolute atomic E-state index is 11.3. The van der Waals surface area contributed by atoms with E-state index in [1.54, 1.807) is 0 Å². The van der Waals surface area contributed by atoms with Gasteiger partial charge in [0.25, 0.3) is 0 Å². The Kier molecular flexibility index (Phi) is 10.9. The number of rotatable bonds is 3. The molecule has 0 aromatic rings. The third-order valence-electron chi connectivity index (χ3n) is 1.76. The molecule has 5 nitrogen and oxygen atoms in total. The highest BCUT2D eigenvalue weighted by Crippen LogP contribution is 2.26. The van der Waals surface area contributed by atoms with Gasteiger partial charge in [-0.3, -0.25) is 10.1 Å². The summed E-state index contributed by atoms with van der Waals surface area (Å²) in [6.07, 6.45) is 1.23. The van der Waals surface area contributed by atoms with Crippen molar-refractivity contribution in [2.45, 2.75) is 31.0 Å². The summed E-state index contributed by atoms with van der Waals surface area (Å²) in [5.41, 5.74) is 4.81. The standard InChI is InChI=1S/C7H13BrN2O2.Cl2OS/c1-3-7(8,4-2)5(11)10-6(9)12;1-4(2)3/h3-4H2,1-2H3,(H3,9,10,11,12);. The molecular formula is C7H13BrCl2N2O3S. The first-order valence-corrected chi connectivity index (χ1v) is 7.83. The molecule has 0 aliphatic heterocycles. The summed E-state index contributed by atoms with van der Waals surface area (Å²) in [6, 6.07) is -0.814. The van der Waals surface area contributed by atoms with Crippen molar-refractivity contribution in [1.82, 2.24) is 5.32 Å². The molecule has 0 bridgehead atoms. The number of hydrogen-bond donors (Lipinski definition) is 2. The molecule has 3 amide bonds. The van der Waals surface area contributed by atoms with E-state index in [0.717, 1.165) is 0 Å². The van der Waals surface area contributed by atoms with Crippen LogP contribution in [0.2, 0.25) is 0 Å². The Bertz CT molecular complexity index is 237. The van der Waals surface area contributed by atoms with Crippen molar-refractivity contribution in [3.05, 3.63) is 0 Å². The summed E-state index contributed by atoms with van der Waals surface area (Å²) in [7, 11) is 7.36. The molecule has 0 aromatic heterocycles. The molecule has 0 aliphatic rings. The van der Waals surface area contributed by atoms with Crippen LogP contribution < -0.4 is 11.1 Å². The van der Waals surface area contributed by atoms with Crippen molar-refractivity contribution in [2.75, 3.05) is 0 Å². The van der Waals surface area contributed by atoms with Gasteiger partial charge in [-0.25, -0.2) is 4.79 Å². The minimum Gasteiger partial charge on any atom is -0.582 e. The molecule has 0 saturated carbocycles. The number of nitrogens with one attached hydrogen (secondary N) is 1. The van der Waals surface area contributed by atoms with Gasteiger partial charge in [0.1, 0.15) is 4.32 Å². The predicted octanol–water partition coefficient (Wildman–Crippen LogP) is 2.18. The molecule has 0 atom stereocenters. The molecule has 0 heterocycles. The van der Waals surface area contributed by atoms with Gasteiger partial charge in [0.05, 0.1) is 0 Å². The summed E-state index contributed by atoms with van der Waals surface area (Å²) < 4.78 is 8.42. The third kappa shape index (κ3) is 9.53. The van der Waals surface area contributed by atoms with Gasteiger partial charge in [-0.1, -0.05) is 29.8 Å². The Balaban J connectivity index is 0. The van der Waals surface area contributed by atoms with Gasteiger partial charge in [-0.2, -0.15) is 0 Å². The SMILES string of the molecule is CCC(Br)(CC)C(=O)NC(N)=O.[O-][S+](Cl)Cl. The predicted molar refractivity (Wildman–Crippen MR) is 69.8 cm³/mol. The second-order valence-electron chi connectivity index (χ2n) is 2.68. The molecule has 16 heavy (non-hydrogen) atoms. The van der Waals surface area contributed by atoms with Gasteiger partial charge in [-0.05, 0) is 12.8 Å². The normalized spacial score (nSPS) is 10.4. The van der Waals surface area contributed by atoms with Crippen molar-refractivity contribution >= 4 is 58.8 Å². The molecule has 9 heteroatoms. The number of imide groups is 1. The van der Waals surface area contributed by atoms with Crippen LogP contribution in [-0.2, 0) is 14.4 Å². The number of carbonyl (C=O) groups is 2. The van der Waals surface area contributed by atoms with Crippen LogP contribution in [0.4, 0.5) is 4.79 Å². The summed E-state index contributed by atoms with van der Waals surface area (Å²) in [5.74, 6) is -0.375. The zero-order chi connectivity index (χ0) is 13.4. The fourth-order valence-electron chi connectivity index (χ4n) is 0.795. The Labute approximate surface area is 115 Å². The zero-order valence-corrected chi connectivity index (χ0v) is 12.7. The molecule has 0 spiro atoms. The van der Waals surface area contributed by atoms with E-state index in [1.807, 2.05) is 19.2 Å². The lowest BCUT2D eigenvalue weighted by molar-refractivity contribution is -0.122. The first-order chi connectivity index (χ1) is 7.19. The minimum absolute atomic E-state index is 0.375.